The molecule has 1 aliphatic carbocycles. The standard InChI is InChI=1S/C22H34N2O/c1-5-22(25)24-16(4)14-20(19-8-6-7-9-21(19)24)23-18-12-10-17(11-13-18)15(2)3/h6-9,15-18,20,23H,5,10-14H2,1-4H3. The van der Waals surface area contributed by atoms with Crippen molar-refractivity contribution < 1.29 is 4.79 Å². The Balaban J connectivity index is 1.74. The second-order valence-electron chi connectivity index (χ2n) is 8.34. The minimum absolute atomic E-state index is 0.232. The highest BCUT2D eigenvalue weighted by atomic mass is 16.2. The summed E-state index contributed by atoms with van der Waals surface area (Å²) in [6.45, 7) is 8.86. The molecule has 1 heterocycles. The average molecular weight is 343 g/mol. The number of para-hydroxylation sites is 1. The van der Waals surface area contributed by atoms with Gasteiger partial charge in [-0.15, -0.1) is 0 Å². The van der Waals surface area contributed by atoms with Gasteiger partial charge in [-0.25, -0.2) is 0 Å². The van der Waals surface area contributed by atoms with E-state index in [9.17, 15) is 4.79 Å². The number of anilines is 1. The number of benzene rings is 1. The number of carbonyl (C=O) groups excluding carboxylic acids is 1. The van der Waals surface area contributed by atoms with Crippen LogP contribution >= 0.6 is 0 Å². The molecule has 2 aliphatic rings. The maximum Gasteiger partial charge on any atom is 0.226 e. The fourth-order valence-electron chi connectivity index (χ4n) is 4.76. The SMILES string of the molecule is CCC(=O)N1c2ccccc2C(NC2CCC(C(C)C)CC2)CC1C. The van der Waals surface area contributed by atoms with Gasteiger partial charge < -0.3 is 10.2 Å². The van der Waals surface area contributed by atoms with E-state index in [0.29, 0.717) is 18.5 Å². The van der Waals surface area contributed by atoms with Crippen molar-refractivity contribution in [3.8, 4) is 0 Å². The Morgan fingerprint density at radius 2 is 1.88 bits per heavy atom. The number of hydrogen-bond donors (Lipinski definition) is 1. The van der Waals surface area contributed by atoms with E-state index in [2.05, 4.69) is 50.4 Å². The third-order valence-corrected chi connectivity index (χ3v) is 6.31. The minimum Gasteiger partial charge on any atom is -0.309 e. The number of fused-ring (bicyclic) bond motifs is 1. The van der Waals surface area contributed by atoms with Gasteiger partial charge in [-0.3, -0.25) is 4.79 Å². The summed E-state index contributed by atoms with van der Waals surface area (Å²) in [6, 6.07) is 9.72. The predicted molar refractivity (Wildman–Crippen MR) is 105 cm³/mol. The zero-order valence-electron chi connectivity index (χ0n) is 16.3. The predicted octanol–water partition coefficient (Wildman–Crippen LogP) is 5.07. The third kappa shape index (κ3) is 3.92. The first kappa shape index (κ1) is 18.4. The van der Waals surface area contributed by atoms with E-state index in [0.717, 1.165) is 23.9 Å². The summed E-state index contributed by atoms with van der Waals surface area (Å²) in [5.41, 5.74) is 2.41. The number of nitrogens with zero attached hydrogens (tertiary/aromatic N) is 1. The summed E-state index contributed by atoms with van der Waals surface area (Å²) in [6.07, 6.45) is 6.84. The Labute approximate surface area is 153 Å². The smallest absolute Gasteiger partial charge is 0.226 e. The number of carbonyl (C=O) groups is 1. The lowest BCUT2D eigenvalue weighted by molar-refractivity contribution is -0.118. The number of hydrogen-bond acceptors (Lipinski definition) is 2. The monoisotopic (exact) mass is 342 g/mol. The molecule has 3 heteroatoms. The van der Waals surface area contributed by atoms with Gasteiger partial charge >= 0.3 is 0 Å². The molecule has 25 heavy (non-hydrogen) atoms. The van der Waals surface area contributed by atoms with Gasteiger partial charge in [0.05, 0.1) is 0 Å². The third-order valence-electron chi connectivity index (χ3n) is 6.31. The van der Waals surface area contributed by atoms with Crippen molar-refractivity contribution in [3.05, 3.63) is 29.8 Å². The van der Waals surface area contributed by atoms with Crippen LogP contribution < -0.4 is 10.2 Å². The highest BCUT2D eigenvalue weighted by Crippen LogP contribution is 2.39. The van der Waals surface area contributed by atoms with Crippen LogP contribution in [0.3, 0.4) is 0 Å². The van der Waals surface area contributed by atoms with Crippen LogP contribution in [0.25, 0.3) is 0 Å². The molecule has 1 N–H and O–H groups in total. The van der Waals surface area contributed by atoms with Crippen LogP contribution in [0.5, 0.6) is 0 Å². The first-order valence-corrected chi connectivity index (χ1v) is 10.2. The van der Waals surface area contributed by atoms with Gasteiger partial charge in [0, 0.05) is 30.2 Å². The van der Waals surface area contributed by atoms with Crippen LogP contribution in [0.15, 0.2) is 24.3 Å². The van der Waals surface area contributed by atoms with Crippen LogP contribution in [-0.4, -0.2) is 18.0 Å². The molecule has 1 aliphatic heterocycles. The van der Waals surface area contributed by atoms with Crippen molar-refractivity contribution in [2.24, 2.45) is 11.8 Å². The summed E-state index contributed by atoms with van der Waals surface area (Å²) in [7, 11) is 0. The molecule has 0 aromatic heterocycles. The van der Waals surface area contributed by atoms with Crippen molar-refractivity contribution in [1.29, 1.82) is 0 Å². The summed E-state index contributed by atoms with van der Waals surface area (Å²) in [5.74, 6) is 1.94. The van der Waals surface area contributed by atoms with E-state index in [4.69, 9.17) is 0 Å². The first-order valence-electron chi connectivity index (χ1n) is 10.2. The lowest BCUT2D eigenvalue weighted by Crippen LogP contribution is -2.47. The lowest BCUT2D eigenvalue weighted by Gasteiger charge is -2.42. The van der Waals surface area contributed by atoms with Crippen LogP contribution in [0.1, 0.15) is 77.8 Å². The Hall–Kier alpha value is -1.35. The molecule has 0 spiro atoms. The van der Waals surface area contributed by atoms with Gasteiger partial charge in [0.2, 0.25) is 5.91 Å². The van der Waals surface area contributed by atoms with Gasteiger partial charge in [-0.2, -0.15) is 0 Å². The molecule has 1 aromatic carbocycles. The Bertz CT molecular complexity index is 589. The maximum atomic E-state index is 12.4. The molecular weight excluding hydrogens is 308 g/mol. The number of amides is 1. The van der Waals surface area contributed by atoms with Gasteiger partial charge in [0.25, 0.3) is 0 Å². The van der Waals surface area contributed by atoms with Crippen molar-refractivity contribution >= 4 is 11.6 Å². The highest BCUT2D eigenvalue weighted by Gasteiger charge is 2.34. The zero-order chi connectivity index (χ0) is 18.0. The van der Waals surface area contributed by atoms with Crippen LogP contribution in [0.4, 0.5) is 5.69 Å². The second kappa shape index (κ2) is 7.90. The fourth-order valence-corrected chi connectivity index (χ4v) is 4.76. The van der Waals surface area contributed by atoms with Gasteiger partial charge in [-0.05, 0) is 62.5 Å². The summed E-state index contributed by atoms with van der Waals surface area (Å²) in [4.78, 5) is 14.5. The van der Waals surface area contributed by atoms with E-state index < -0.39 is 0 Å². The largest absolute Gasteiger partial charge is 0.309 e. The van der Waals surface area contributed by atoms with Crippen LogP contribution in [0, 0.1) is 11.8 Å². The fraction of sp³-hybridized carbons (Fsp3) is 0.682. The summed E-state index contributed by atoms with van der Waals surface area (Å²) < 4.78 is 0. The first-order chi connectivity index (χ1) is 12.0. The molecule has 1 amide bonds. The van der Waals surface area contributed by atoms with Crippen molar-refractivity contribution in [2.45, 2.75) is 84.3 Å². The maximum absolute atomic E-state index is 12.4. The van der Waals surface area contributed by atoms with E-state index in [1.165, 1.54) is 31.2 Å². The highest BCUT2D eigenvalue weighted by molar-refractivity contribution is 5.95. The summed E-state index contributed by atoms with van der Waals surface area (Å²) >= 11 is 0. The molecule has 0 bridgehead atoms. The Morgan fingerprint density at radius 3 is 2.52 bits per heavy atom. The Kier molecular flexibility index (Phi) is 5.83. The van der Waals surface area contributed by atoms with Crippen molar-refractivity contribution in [1.82, 2.24) is 5.32 Å². The lowest BCUT2D eigenvalue weighted by atomic mass is 9.79. The summed E-state index contributed by atoms with van der Waals surface area (Å²) in [5, 5.41) is 3.94. The molecule has 0 radical (unpaired) electrons. The average Bonchev–Trinajstić information content (AvgIpc) is 2.62. The van der Waals surface area contributed by atoms with Crippen molar-refractivity contribution in [2.75, 3.05) is 4.90 Å². The normalized spacial score (nSPS) is 29.6. The molecule has 1 aromatic rings. The van der Waals surface area contributed by atoms with Gasteiger partial charge in [0.1, 0.15) is 0 Å². The Morgan fingerprint density at radius 1 is 1.20 bits per heavy atom. The molecule has 2 unspecified atom stereocenters. The van der Waals surface area contributed by atoms with Gasteiger partial charge in [0.15, 0.2) is 0 Å². The topological polar surface area (TPSA) is 32.3 Å². The quantitative estimate of drug-likeness (QED) is 0.829. The van der Waals surface area contributed by atoms with E-state index >= 15 is 0 Å². The molecular formula is C22H34N2O. The second-order valence-corrected chi connectivity index (χ2v) is 8.34. The molecule has 0 saturated heterocycles. The molecule has 138 valence electrons. The van der Waals surface area contributed by atoms with E-state index in [-0.39, 0.29) is 11.9 Å². The van der Waals surface area contributed by atoms with E-state index in [1.807, 2.05) is 11.8 Å². The van der Waals surface area contributed by atoms with Crippen LogP contribution in [-0.2, 0) is 4.79 Å². The van der Waals surface area contributed by atoms with Crippen molar-refractivity contribution in [3.63, 3.8) is 0 Å². The molecule has 3 nitrogen and oxygen atoms in total. The molecule has 1 fully saturated rings. The molecule has 3 rings (SSSR count). The minimum atomic E-state index is 0.232. The van der Waals surface area contributed by atoms with E-state index in [1.54, 1.807) is 0 Å². The molecule has 2 atom stereocenters. The number of rotatable bonds is 4. The number of nitrogens with one attached hydrogen (secondary N) is 1. The van der Waals surface area contributed by atoms with Crippen LogP contribution in [0.2, 0.25) is 0 Å². The molecule has 1 saturated carbocycles. The van der Waals surface area contributed by atoms with Gasteiger partial charge in [-0.1, -0.05) is 39.0 Å². The zero-order valence-corrected chi connectivity index (χ0v) is 16.3.